The standard InChI is InChI=1S/C14H18BrFN2O2/c15-12-3-4-13(16)11(7-12)9-18(5-6-19)14(20)17-8-10-1-2-10/h3-4,7,10,19H,1-2,5-6,8-9H2,(H,17,20). The van der Waals surface area contributed by atoms with Gasteiger partial charge < -0.3 is 15.3 Å². The lowest BCUT2D eigenvalue weighted by Gasteiger charge is -2.22. The molecule has 0 radical (unpaired) electrons. The van der Waals surface area contributed by atoms with Crippen molar-refractivity contribution >= 4 is 22.0 Å². The number of aliphatic hydroxyl groups is 1. The molecule has 0 spiro atoms. The highest BCUT2D eigenvalue weighted by Gasteiger charge is 2.23. The van der Waals surface area contributed by atoms with E-state index in [-0.39, 0.29) is 31.5 Å². The summed E-state index contributed by atoms with van der Waals surface area (Å²) >= 11 is 3.29. The van der Waals surface area contributed by atoms with Crippen LogP contribution in [0.4, 0.5) is 9.18 Å². The lowest BCUT2D eigenvalue weighted by atomic mass is 10.2. The maximum atomic E-state index is 13.7. The normalized spacial score (nSPS) is 14.2. The van der Waals surface area contributed by atoms with Crippen molar-refractivity contribution in [2.75, 3.05) is 19.7 Å². The summed E-state index contributed by atoms with van der Waals surface area (Å²) in [5.74, 6) is 0.226. The van der Waals surface area contributed by atoms with Gasteiger partial charge in [0.05, 0.1) is 13.2 Å². The largest absolute Gasteiger partial charge is 0.395 e. The second kappa shape index (κ2) is 7.04. The summed E-state index contributed by atoms with van der Waals surface area (Å²) in [4.78, 5) is 13.5. The van der Waals surface area contributed by atoms with Gasteiger partial charge in [0, 0.05) is 23.1 Å². The number of hydrogen-bond acceptors (Lipinski definition) is 2. The Labute approximate surface area is 126 Å². The molecule has 0 bridgehead atoms. The molecular formula is C14H18BrFN2O2. The van der Waals surface area contributed by atoms with Gasteiger partial charge >= 0.3 is 6.03 Å². The van der Waals surface area contributed by atoms with Gasteiger partial charge in [0.2, 0.25) is 0 Å². The van der Waals surface area contributed by atoms with E-state index in [1.54, 1.807) is 12.1 Å². The molecule has 0 aromatic heterocycles. The number of amides is 2. The maximum Gasteiger partial charge on any atom is 0.317 e. The van der Waals surface area contributed by atoms with E-state index in [9.17, 15) is 9.18 Å². The number of benzene rings is 1. The molecule has 20 heavy (non-hydrogen) atoms. The Balaban J connectivity index is 1.99. The van der Waals surface area contributed by atoms with Crippen molar-refractivity contribution in [1.82, 2.24) is 10.2 Å². The Morgan fingerprint density at radius 1 is 1.50 bits per heavy atom. The van der Waals surface area contributed by atoms with Gasteiger partial charge in [0.15, 0.2) is 0 Å². The van der Waals surface area contributed by atoms with E-state index in [0.717, 1.165) is 17.3 Å². The van der Waals surface area contributed by atoms with Crippen molar-refractivity contribution in [2.24, 2.45) is 5.92 Å². The second-order valence-corrected chi connectivity index (χ2v) is 5.93. The fourth-order valence-corrected chi connectivity index (χ4v) is 2.32. The van der Waals surface area contributed by atoms with Crippen LogP contribution in [0.15, 0.2) is 22.7 Å². The minimum Gasteiger partial charge on any atom is -0.395 e. The van der Waals surface area contributed by atoms with Crippen molar-refractivity contribution in [3.05, 3.63) is 34.1 Å². The third-order valence-corrected chi connectivity index (χ3v) is 3.76. The molecule has 6 heteroatoms. The molecule has 0 atom stereocenters. The number of carbonyl (C=O) groups is 1. The van der Waals surface area contributed by atoms with Crippen LogP contribution in [0, 0.1) is 11.7 Å². The fourth-order valence-electron chi connectivity index (χ4n) is 1.91. The summed E-state index contributed by atoms with van der Waals surface area (Å²) in [5.41, 5.74) is 0.425. The van der Waals surface area contributed by atoms with Crippen LogP contribution >= 0.6 is 15.9 Å². The third-order valence-electron chi connectivity index (χ3n) is 3.26. The SMILES string of the molecule is O=C(NCC1CC1)N(CCO)Cc1cc(Br)ccc1F. The van der Waals surface area contributed by atoms with Crippen LogP contribution in [-0.2, 0) is 6.54 Å². The quantitative estimate of drug-likeness (QED) is 0.832. The number of rotatable bonds is 6. The number of hydrogen-bond donors (Lipinski definition) is 2. The number of halogens is 2. The molecule has 2 rings (SSSR count). The van der Waals surface area contributed by atoms with Crippen LogP contribution in [0.2, 0.25) is 0 Å². The lowest BCUT2D eigenvalue weighted by Crippen LogP contribution is -2.41. The van der Waals surface area contributed by atoms with Gasteiger partial charge in [0.25, 0.3) is 0 Å². The summed E-state index contributed by atoms with van der Waals surface area (Å²) in [6.45, 7) is 0.832. The van der Waals surface area contributed by atoms with Crippen LogP contribution in [0.1, 0.15) is 18.4 Å². The average molecular weight is 345 g/mol. The first-order valence-corrected chi connectivity index (χ1v) is 7.47. The van der Waals surface area contributed by atoms with Gasteiger partial charge in [-0.3, -0.25) is 0 Å². The highest BCUT2D eigenvalue weighted by molar-refractivity contribution is 9.10. The lowest BCUT2D eigenvalue weighted by molar-refractivity contribution is 0.173. The van der Waals surface area contributed by atoms with Crippen molar-refractivity contribution < 1.29 is 14.3 Å². The zero-order chi connectivity index (χ0) is 14.5. The van der Waals surface area contributed by atoms with Gasteiger partial charge in [-0.25, -0.2) is 9.18 Å². The average Bonchev–Trinajstić information content (AvgIpc) is 3.23. The molecule has 1 aromatic carbocycles. The molecule has 2 amide bonds. The molecule has 1 aliphatic carbocycles. The van der Waals surface area contributed by atoms with E-state index < -0.39 is 0 Å². The van der Waals surface area contributed by atoms with E-state index in [2.05, 4.69) is 21.2 Å². The Bertz CT molecular complexity index is 480. The van der Waals surface area contributed by atoms with Crippen LogP contribution in [0.25, 0.3) is 0 Å². The van der Waals surface area contributed by atoms with Crippen molar-refractivity contribution in [3.8, 4) is 0 Å². The second-order valence-electron chi connectivity index (χ2n) is 5.01. The first-order chi connectivity index (χ1) is 9.60. The predicted octanol–water partition coefficient (Wildman–Crippen LogP) is 2.50. The van der Waals surface area contributed by atoms with Crippen molar-refractivity contribution in [2.45, 2.75) is 19.4 Å². The minimum absolute atomic E-state index is 0.141. The van der Waals surface area contributed by atoms with E-state index in [4.69, 9.17) is 5.11 Å². The fraction of sp³-hybridized carbons (Fsp3) is 0.500. The zero-order valence-corrected chi connectivity index (χ0v) is 12.7. The maximum absolute atomic E-state index is 13.7. The molecule has 1 aliphatic rings. The molecule has 0 saturated heterocycles. The van der Waals surface area contributed by atoms with Crippen molar-refractivity contribution in [3.63, 3.8) is 0 Å². The smallest absolute Gasteiger partial charge is 0.317 e. The molecule has 110 valence electrons. The molecule has 1 fully saturated rings. The minimum atomic E-state index is -0.355. The first-order valence-electron chi connectivity index (χ1n) is 6.67. The Kier molecular flexibility index (Phi) is 5.37. The molecule has 4 nitrogen and oxygen atoms in total. The van der Waals surface area contributed by atoms with Crippen LogP contribution in [-0.4, -0.2) is 35.7 Å². The van der Waals surface area contributed by atoms with E-state index in [1.807, 2.05) is 0 Å². The van der Waals surface area contributed by atoms with E-state index in [1.165, 1.54) is 11.0 Å². The number of carbonyl (C=O) groups excluding carboxylic acids is 1. The summed E-state index contributed by atoms with van der Waals surface area (Å²) in [6, 6.07) is 4.36. The Hall–Kier alpha value is -1.14. The van der Waals surface area contributed by atoms with E-state index in [0.29, 0.717) is 18.0 Å². The number of urea groups is 1. The molecular weight excluding hydrogens is 327 g/mol. The Morgan fingerprint density at radius 3 is 2.90 bits per heavy atom. The molecule has 1 aromatic rings. The molecule has 2 N–H and O–H groups in total. The summed E-state index contributed by atoms with van der Waals surface area (Å²) in [6.07, 6.45) is 2.31. The number of nitrogens with one attached hydrogen (secondary N) is 1. The van der Waals surface area contributed by atoms with Gasteiger partial charge in [-0.2, -0.15) is 0 Å². The number of aliphatic hydroxyl groups excluding tert-OH is 1. The topological polar surface area (TPSA) is 52.6 Å². The molecule has 1 saturated carbocycles. The zero-order valence-electron chi connectivity index (χ0n) is 11.1. The highest BCUT2D eigenvalue weighted by atomic mass is 79.9. The summed E-state index contributed by atoms with van der Waals surface area (Å²) in [7, 11) is 0. The van der Waals surface area contributed by atoms with Crippen LogP contribution in [0.3, 0.4) is 0 Å². The molecule has 0 heterocycles. The van der Waals surface area contributed by atoms with Gasteiger partial charge in [-0.15, -0.1) is 0 Å². The summed E-state index contributed by atoms with van der Waals surface area (Å²) in [5, 5.41) is 11.9. The predicted molar refractivity (Wildman–Crippen MR) is 77.7 cm³/mol. The summed E-state index contributed by atoms with van der Waals surface area (Å²) < 4.78 is 14.5. The number of nitrogens with zero attached hydrogens (tertiary/aromatic N) is 1. The van der Waals surface area contributed by atoms with Gasteiger partial charge in [-0.05, 0) is 37.0 Å². The third kappa shape index (κ3) is 4.45. The Morgan fingerprint density at radius 2 is 2.25 bits per heavy atom. The van der Waals surface area contributed by atoms with Gasteiger partial charge in [0.1, 0.15) is 5.82 Å². The van der Waals surface area contributed by atoms with Crippen LogP contribution < -0.4 is 5.32 Å². The van der Waals surface area contributed by atoms with Gasteiger partial charge in [-0.1, -0.05) is 15.9 Å². The van der Waals surface area contributed by atoms with Crippen molar-refractivity contribution in [1.29, 1.82) is 0 Å². The van der Waals surface area contributed by atoms with Crippen LogP contribution in [0.5, 0.6) is 0 Å². The van der Waals surface area contributed by atoms with E-state index >= 15 is 0 Å². The first kappa shape index (κ1) is 15.3. The highest BCUT2D eigenvalue weighted by Crippen LogP contribution is 2.27. The molecule has 0 unspecified atom stereocenters. The molecule has 0 aliphatic heterocycles. The monoisotopic (exact) mass is 344 g/mol.